The fourth-order valence-electron chi connectivity index (χ4n) is 1.24. The van der Waals surface area contributed by atoms with Gasteiger partial charge in [0.15, 0.2) is 0 Å². The van der Waals surface area contributed by atoms with Crippen molar-refractivity contribution < 1.29 is 0 Å². The topological polar surface area (TPSA) is 67.6 Å². The maximum absolute atomic E-state index is 5.70. The first-order valence-electron chi connectivity index (χ1n) is 4.48. The highest BCUT2D eigenvalue weighted by molar-refractivity contribution is 5.56. The summed E-state index contributed by atoms with van der Waals surface area (Å²) in [5.74, 6) is 0.795. The van der Waals surface area contributed by atoms with Crippen LogP contribution in [0.25, 0.3) is 11.3 Å². The Hall–Kier alpha value is -1.68. The minimum absolute atomic E-state index is 0.0691. The van der Waals surface area contributed by atoms with Crippen LogP contribution in [0.2, 0.25) is 0 Å². The fourth-order valence-corrected chi connectivity index (χ4v) is 1.24. The number of nitrogens with one attached hydrogen (secondary N) is 1. The molecule has 4 heteroatoms. The first-order valence-corrected chi connectivity index (χ1v) is 4.48. The van der Waals surface area contributed by atoms with E-state index in [4.69, 9.17) is 5.73 Å². The molecule has 3 N–H and O–H groups in total. The molecule has 2 aromatic heterocycles. The molecule has 0 radical (unpaired) electrons. The molecule has 2 heterocycles. The second-order valence-corrected chi connectivity index (χ2v) is 3.21. The van der Waals surface area contributed by atoms with Crippen molar-refractivity contribution in [3.05, 3.63) is 36.5 Å². The number of hydrogen-bond acceptors (Lipinski definition) is 3. The SMILES string of the molecule is CC(N)c1ncc(-c2cccnc2)[nH]1. The summed E-state index contributed by atoms with van der Waals surface area (Å²) in [5, 5.41) is 0. The number of aromatic nitrogens is 3. The predicted octanol–water partition coefficient (Wildman–Crippen LogP) is 1.49. The molecule has 0 bridgehead atoms. The smallest absolute Gasteiger partial charge is 0.123 e. The number of imidazole rings is 1. The van der Waals surface area contributed by atoms with Crippen molar-refractivity contribution in [1.29, 1.82) is 0 Å². The third kappa shape index (κ3) is 1.65. The van der Waals surface area contributed by atoms with E-state index in [9.17, 15) is 0 Å². The molecule has 0 fully saturated rings. The van der Waals surface area contributed by atoms with E-state index in [2.05, 4.69) is 15.0 Å². The maximum atomic E-state index is 5.70. The Kier molecular flexibility index (Phi) is 2.28. The Morgan fingerprint density at radius 1 is 1.43 bits per heavy atom. The summed E-state index contributed by atoms with van der Waals surface area (Å²) in [6.45, 7) is 1.89. The largest absolute Gasteiger partial charge is 0.341 e. The van der Waals surface area contributed by atoms with Crippen LogP contribution in [0, 0.1) is 0 Å². The van der Waals surface area contributed by atoms with Crippen molar-refractivity contribution >= 4 is 0 Å². The van der Waals surface area contributed by atoms with Crippen molar-refractivity contribution in [2.24, 2.45) is 5.73 Å². The van der Waals surface area contributed by atoms with Crippen molar-refractivity contribution in [2.45, 2.75) is 13.0 Å². The number of rotatable bonds is 2. The Balaban J connectivity index is 2.34. The molecule has 1 atom stereocenters. The van der Waals surface area contributed by atoms with Crippen molar-refractivity contribution in [3.8, 4) is 11.3 Å². The van der Waals surface area contributed by atoms with Gasteiger partial charge in [0.1, 0.15) is 5.82 Å². The monoisotopic (exact) mass is 188 g/mol. The molecule has 0 amide bonds. The van der Waals surface area contributed by atoms with E-state index in [1.165, 1.54) is 0 Å². The van der Waals surface area contributed by atoms with Crippen LogP contribution in [0.3, 0.4) is 0 Å². The average molecular weight is 188 g/mol. The van der Waals surface area contributed by atoms with Gasteiger partial charge in [0, 0.05) is 18.0 Å². The maximum Gasteiger partial charge on any atom is 0.123 e. The summed E-state index contributed by atoms with van der Waals surface area (Å²) in [4.78, 5) is 11.4. The minimum atomic E-state index is -0.0691. The lowest BCUT2D eigenvalue weighted by atomic mass is 10.2. The molecule has 0 aliphatic heterocycles. The lowest BCUT2D eigenvalue weighted by Gasteiger charge is -1.98. The van der Waals surface area contributed by atoms with E-state index in [0.717, 1.165) is 17.1 Å². The predicted molar refractivity (Wildman–Crippen MR) is 54.4 cm³/mol. The van der Waals surface area contributed by atoms with Crippen LogP contribution < -0.4 is 5.73 Å². The van der Waals surface area contributed by atoms with E-state index >= 15 is 0 Å². The first-order chi connectivity index (χ1) is 6.77. The number of aromatic amines is 1. The highest BCUT2D eigenvalue weighted by Crippen LogP contribution is 2.16. The summed E-state index contributed by atoms with van der Waals surface area (Å²) >= 11 is 0. The molecule has 4 nitrogen and oxygen atoms in total. The average Bonchev–Trinajstić information content (AvgIpc) is 2.68. The summed E-state index contributed by atoms with van der Waals surface area (Å²) in [5.41, 5.74) is 7.67. The van der Waals surface area contributed by atoms with Gasteiger partial charge in [-0.1, -0.05) is 0 Å². The Morgan fingerprint density at radius 3 is 2.86 bits per heavy atom. The molecule has 0 aliphatic carbocycles. The number of nitrogens with zero attached hydrogens (tertiary/aromatic N) is 2. The zero-order valence-electron chi connectivity index (χ0n) is 7.94. The number of H-pyrrole nitrogens is 1. The second kappa shape index (κ2) is 3.59. The molecule has 1 unspecified atom stereocenters. The number of pyridine rings is 1. The molecule has 14 heavy (non-hydrogen) atoms. The van der Waals surface area contributed by atoms with Gasteiger partial charge in [0.05, 0.1) is 17.9 Å². The Morgan fingerprint density at radius 2 is 2.29 bits per heavy atom. The van der Waals surface area contributed by atoms with Gasteiger partial charge in [-0.05, 0) is 19.1 Å². The summed E-state index contributed by atoms with van der Waals surface area (Å²) in [6.07, 6.45) is 5.31. The van der Waals surface area contributed by atoms with Crippen LogP contribution in [0.15, 0.2) is 30.7 Å². The van der Waals surface area contributed by atoms with Crippen LogP contribution in [0.4, 0.5) is 0 Å². The summed E-state index contributed by atoms with van der Waals surface area (Å²) in [6, 6.07) is 3.80. The van der Waals surface area contributed by atoms with Crippen LogP contribution in [0.1, 0.15) is 18.8 Å². The molecule has 0 saturated heterocycles. The standard InChI is InChI=1S/C10H12N4/c1-7(11)10-13-6-9(14-10)8-3-2-4-12-5-8/h2-7H,11H2,1H3,(H,13,14). The lowest BCUT2D eigenvalue weighted by molar-refractivity contribution is 0.756. The van der Waals surface area contributed by atoms with Crippen LogP contribution >= 0.6 is 0 Å². The molecular formula is C10H12N4. The van der Waals surface area contributed by atoms with Gasteiger partial charge < -0.3 is 10.7 Å². The lowest BCUT2D eigenvalue weighted by Crippen LogP contribution is -2.06. The van der Waals surface area contributed by atoms with Gasteiger partial charge in [-0.25, -0.2) is 4.98 Å². The molecule has 2 aromatic rings. The quantitative estimate of drug-likeness (QED) is 0.750. The molecule has 72 valence electrons. The van der Waals surface area contributed by atoms with Gasteiger partial charge in [0.2, 0.25) is 0 Å². The molecular weight excluding hydrogens is 176 g/mol. The van der Waals surface area contributed by atoms with E-state index in [-0.39, 0.29) is 6.04 Å². The molecule has 0 saturated carbocycles. The van der Waals surface area contributed by atoms with E-state index < -0.39 is 0 Å². The van der Waals surface area contributed by atoms with Crippen molar-refractivity contribution in [2.75, 3.05) is 0 Å². The minimum Gasteiger partial charge on any atom is -0.341 e. The number of nitrogens with two attached hydrogens (primary N) is 1. The second-order valence-electron chi connectivity index (χ2n) is 3.21. The van der Waals surface area contributed by atoms with E-state index in [1.807, 2.05) is 19.1 Å². The third-order valence-electron chi connectivity index (χ3n) is 2.00. The third-order valence-corrected chi connectivity index (χ3v) is 2.00. The zero-order chi connectivity index (χ0) is 9.97. The highest BCUT2D eigenvalue weighted by atomic mass is 15.0. The first kappa shape index (κ1) is 8.90. The van der Waals surface area contributed by atoms with E-state index in [1.54, 1.807) is 18.6 Å². The van der Waals surface area contributed by atoms with Gasteiger partial charge in [-0.2, -0.15) is 0 Å². The Bertz CT molecular complexity index is 405. The van der Waals surface area contributed by atoms with Gasteiger partial charge >= 0.3 is 0 Å². The highest BCUT2D eigenvalue weighted by Gasteiger charge is 2.05. The van der Waals surface area contributed by atoms with Crippen LogP contribution in [-0.4, -0.2) is 15.0 Å². The van der Waals surface area contributed by atoms with Gasteiger partial charge in [0.25, 0.3) is 0 Å². The summed E-state index contributed by atoms with van der Waals surface area (Å²) in [7, 11) is 0. The fraction of sp³-hybridized carbons (Fsp3) is 0.200. The number of hydrogen-bond donors (Lipinski definition) is 2. The molecule has 0 spiro atoms. The van der Waals surface area contributed by atoms with Crippen LogP contribution in [0.5, 0.6) is 0 Å². The summed E-state index contributed by atoms with van der Waals surface area (Å²) < 4.78 is 0. The zero-order valence-corrected chi connectivity index (χ0v) is 7.94. The van der Waals surface area contributed by atoms with E-state index in [0.29, 0.717) is 0 Å². The van der Waals surface area contributed by atoms with Crippen LogP contribution in [-0.2, 0) is 0 Å². The normalized spacial score (nSPS) is 12.7. The molecule has 0 aliphatic rings. The Labute approximate surface area is 82.2 Å². The van der Waals surface area contributed by atoms with Crippen molar-refractivity contribution in [3.63, 3.8) is 0 Å². The molecule has 2 rings (SSSR count). The van der Waals surface area contributed by atoms with Gasteiger partial charge in [-0.3, -0.25) is 4.98 Å². The molecule has 0 aromatic carbocycles. The van der Waals surface area contributed by atoms with Gasteiger partial charge in [-0.15, -0.1) is 0 Å². The van der Waals surface area contributed by atoms with Crippen molar-refractivity contribution in [1.82, 2.24) is 15.0 Å².